The van der Waals surface area contributed by atoms with Crippen LogP contribution in [0.3, 0.4) is 0 Å². The first-order chi connectivity index (χ1) is 9.17. The van der Waals surface area contributed by atoms with Crippen molar-refractivity contribution in [1.82, 2.24) is 9.62 Å². The highest BCUT2D eigenvalue weighted by atomic mass is 32.2. The number of rotatable bonds is 6. The predicted molar refractivity (Wildman–Crippen MR) is 70.6 cm³/mol. The number of likely N-dealkylation sites (N-methyl/N-ethyl adjacent to an activating group) is 1. The van der Waals surface area contributed by atoms with Gasteiger partial charge in [0.05, 0.1) is 6.61 Å². The van der Waals surface area contributed by atoms with Crippen molar-refractivity contribution in [2.75, 3.05) is 20.6 Å². The van der Waals surface area contributed by atoms with Crippen molar-refractivity contribution < 1.29 is 22.3 Å². The van der Waals surface area contributed by atoms with Crippen LogP contribution in [0.4, 0.5) is 8.78 Å². The molecular weight excluding hydrogens is 290 g/mol. The van der Waals surface area contributed by atoms with E-state index in [9.17, 15) is 17.2 Å². The number of nitrogens with zero attached hydrogens (tertiary/aromatic N) is 1. The molecule has 114 valence electrons. The summed E-state index contributed by atoms with van der Waals surface area (Å²) in [5.74, 6) is -2.76. The highest BCUT2D eigenvalue weighted by Crippen LogP contribution is 2.20. The van der Waals surface area contributed by atoms with Crippen molar-refractivity contribution in [3.63, 3.8) is 0 Å². The van der Waals surface area contributed by atoms with Crippen molar-refractivity contribution in [2.45, 2.75) is 24.5 Å². The summed E-state index contributed by atoms with van der Waals surface area (Å²) in [5, 5.41) is 8.93. The second-order valence-corrected chi connectivity index (χ2v) is 6.51. The zero-order valence-electron chi connectivity index (χ0n) is 11.5. The summed E-state index contributed by atoms with van der Waals surface area (Å²) in [7, 11) is -0.671. The number of halogens is 2. The van der Waals surface area contributed by atoms with Gasteiger partial charge in [0.2, 0.25) is 10.0 Å². The van der Waals surface area contributed by atoms with Crippen molar-refractivity contribution in [3.8, 4) is 0 Å². The lowest BCUT2D eigenvalue weighted by Gasteiger charge is -2.18. The summed E-state index contributed by atoms with van der Waals surface area (Å²) >= 11 is 0. The third-order valence-corrected chi connectivity index (χ3v) is 4.11. The van der Waals surface area contributed by atoms with Gasteiger partial charge in [-0.05, 0) is 38.7 Å². The fraction of sp³-hybridized carbons (Fsp3) is 0.500. The number of benzene rings is 1. The first-order valence-corrected chi connectivity index (χ1v) is 7.41. The zero-order valence-corrected chi connectivity index (χ0v) is 12.3. The molecule has 0 radical (unpaired) electrons. The van der Waals surface area contributed by atoms with Crippen molar-refractivity contribution in [1.29, 1.82) is 0 Å². The van der Waals surface area contributed by atoms with Crippen LogP contribution < -0.4 is 4.72 Å². The van der Waals surface area contributed by atoms with Crippen LogP contribution in [-0.2, 0) is 16.6 Å². The molecule has 0 aliphatic heterocycles. The third-order valence-electron chi connectivity index (χ3n) is 2.52. The summed E-state index contributed by atoms with van der Waals surface area (Å²) in [4.78, 5) is 0.959. The molecule has 0 saturated carbocycles. The molecule has 0 saturated heterocycles. The average Bonchev–Trinajstić information content (AvgIpc) is 2.30. The second-order valence-electron chi connectivity index (χ2n) is 4.83. The molecule has 0 aliphatic carbocycles. The van der Waals surface area contributed by atoms with Gasteiger partial charge >= 0.3 is 0 Å². The number of aliphatic hydroxyl groups is 1. The quantitative estimate of drug-likeness (QED) is 0.811. The summed E-state index contributed by atoms with van der Waals surface area (Å²) < 4.78 is 53.3. The Hall–Kier alpha value is -1.09. The number of aliphatic hydroxyl groups excluding tert-OH is 1. The predicted octanol–water partition coefficient (Wildman–Crippen LogP) is 0.686. The molecular formula is C12H18F2N2O3S. The molecule has 8 heteroatoms. The SMILES string of the molecule is CC(CN(C)C)NS(=O)(=O)c1cc(CO)cc(F)c1F. The minimum atomic E-state index is -4.19. The van der Waals surface area contributed by atoms with Crippen LogP contribution in [0.5, 0.6) is 0 Å². The van der Waals surface area contributed by atoms with Gasteiger partial charge in [-0.25, -0.2) is 21.9 Å². The molecule has 0 aromatic heterocycles. The molecule has 0 bridgehead atoms. The highest BCUT2D eigenvalue weighted by molar-refractivity contribution is 7.89. The summed E-state index contributed by atoms with van der Waals surface area (Å²) in [5.41, 5.74) is -0.00969. The Morgan fingerprint density at radius 2 is 1.95 bits per heavy atom. The van der Waals surface area contributed by atoms with Crippen molar-refractivity contribution in [3.05, 3.63) is 29.3 Å². The molecule has 1 rings (SSSR count). The fourth-order valence-electron chi connectivity index (χ4n) is 1.82. The Bertz CT molecular complexity index is 576. The molecule has 20 heavy (non-hydrogen) atoms. The molecule has 2 N–H and O–H groups in total. The van der Waals surface area contributed by atoms with Crippen LogP contribution in [0.1, 0.15) is 12.5 Å². The molecule has 5 nitrogen and oxygen atoms in total. The van der Waals surface area contributed by atoms with Gasteiger partial charge in [0.25, 0.3) is 0 Å². The van der Waals surface area contributed by atoms with Gasteiger partial charge in [-0.2, -0.15) is 0 Å². The van der Waals surface area contributed by atoms with Crippen molar-refractivity contribution in [2.24, 2.45) is 0 Å². The van der Waals surface area contributed by atoms with E-state index >= 15 is 0 Å². The summed E-state index contributed by atoms with van der Waals surface area (Å²) in [6, 6.07) is 1.20. The first-order valence-electron chi connectivity index (χ1n) is 5.93. The van der Waals surface area contributed by atoms with Gasteiger partial charge < -0.3 is 10.0 Å². The Labute approximate surface area is 117 Å². The van der Waals surface area contributed by atoms with Gasteiger partial charge in [0, 0.05) is 12.6 Å². The second kappa shape index (κ2) is 6.57. The molecule has 1 aromatic carbocycles. The normalized spacial score (nSPS) is 13.8. The minimum absolute atomic E-state index is 0.00969. The number of hydrogen-bond acceptors (Lipinski definition) is 4. The van der Waals surface area contributed by atoms with Crippen LogP contribution in [0.25, 0.3) is 0 Å². The van der Waals surface area contributed by atoms with Crippen LogP contribution in [-0.4, -0.2) is 45.1 Å². The standard InChI is InChI=1S/C12H18F2N2O3S/c1-8(6-16(2)3)15-20(18,19)11-5-9(7-17)4-10(13)12(11)14/h4-5,8,15,17H,6-7H2,1-3H3. The Morgan fingerprint density at radius 3 is 2.45 bits per heavy atom. The Kier molecular flexibility index (Phi) is 5.58. The lowest BCUT2D eigenvalue weighted by Crippen LogP contribution is -2.39. The van der Waals surface area contributed by atoms with Crippen LogP contribution in [0.2, 0.25) is 0 Å². The minimum Gasteiger partial charge on any atom is -0.392 e. The molecule has 0 heterocycles. The average molecular weight is 308 g/mol. The van der Waals surface area contributed by atoms with Crippen LogP contribution in [0, 0.1) is 11.6 Å². The molecule has 1 unspecified atom stereocenters. The van der Waals surface area contributed by atoms with Gasteiger partial charge in [-0.15, -0.1) is 0 Å². The van der Waals surface area contributed by atoms with Crippen LogP contribution >= 0.6 is 0 Å². The molecule has 0 amide bonds. The maximum atomic E-state index is 13.6. The first kappa shape index (κ1) is 17.0. The number of hydrogen-bond donors (Lipinski definition) is 2. The topological polar surface area (TPSA) is 69.6 Å². The van der Waals surface area contributed by atoms with E-state index in [0.717, 1.165) is 12.1 Å². The molecule has 0 spiro atoms. The molecule has 0 fully saturated rings. The molecule has 1 atom stereocenters. The largest absolute Gasteiger partial charge is 0.392 e. The monoisotopic (exact) mass is 308 g/mol. The van der Waals surface area contributed by atoms with E-state index in [2.05, 4.69) is 4.72 Å². The van der Waals surface area contributed by atoms with Gasteiger partial charge in [-0.1, -0.05) is 0 Å². The van der Waals surface area contributed by atoms with E-state index in [-0.39, 0.29) is 5.56 Å². The number of sulfonamides is 1. The third kappa shape index (κ3) is 4.20. The van der Waals surface area contributed by atoms with E-state index in [4.69, 9.17) is 5.11 Å². The van der Waals surface area contributed by atoms with E-state index in [1.807, 2.05) is 0 Å². The summed E-state index contributed by atoms with van der Waals surface area (Å²) in [6.45, 7) is 1.44. The zero-order chi connectivity index (χ0) is 15.5. The Morgan fingerprint density at radius 1 is 1.35 bits per heavy atom. The van der Waals surface area contributed by atoms with Crippen LogP contribution in [0.15, 0.2) is 17.0 Å². The maximum absolute atomic E-state index is 13.6. The Balaban J connectivity index is 3.12. The van der Waals surface area contributed by atoms with Gasteiger partial charge in [0.15, 0.2) is 11.6 Å². The molecule has 0 aliphatic rings. The fourth-order valence-corrected chi connectivity index (χ4v) is 3.19. The maximum Gasteiger partial charge on any atom is 0.243 e. The smallest absolute Gasteiger partial charge is 0.243 e. The van der Waals surface area contributed by atoms with Crippen molar-refractivity contribution >= 4 is 10.0 Å². The summed E-state index contributed by atoms with van der Waals surface area (Å²) in [6.07, 6.45) is 0. The van der Waals surface area contributed by atoms with Gasteiger partial charge in [0.1, 0.15) is 4.90 Å². The lowest BCUT2D eigenvalue weighted by molar-refractivity contribution is 0.280. The number of nitrogens with one attached hydrogen (secondary N) is 1. The van der Waals surface area contributed by atoms with E-state index in [1.165, 1.54) is 0 Å². The van der Waals surface area contributed by atoms with E-state index in [0.29, 0.717) is 6.54 Å². The highest BCUT2D eigenvalue weighted by Gasteiger charge is 2.24. The molecule has 1 aromatic rings. The van der Waals surface area contributed by atoms with E-state index in [1.54, 1.807) is 25.9 Å². The van der Waals surface area contributed by atoms with Gasteiger partial charge in [-0.3, -0.25) is 0 Å². The van der Waals surface area contributed by atoms with E-state index < -0.39 is 39.2 Å². The lowest BCUT2D eigenvalue weighted by atomic mass is 10.2.